The van der Waals surface area contributed by atoms with E-state index in [-0.39, 0.29) is 12.3 Å². The lowest BCUT2D eigenvalue weighted by Crippen LogP contribution is -2.09. The first-order valence-electron chi connectivity index (χ1n) is 8.90. The number of aromatic amines is 1. The minimum Gasteiger partial charge on any atom is -0.456 e. The van der Waals surface area contributed by atoms with Crippen molar-refractivity contribution in [2.75, 3.05) is 0 Å². The van der Waals surface area contributed by atoms with Crippen molar-refractivity contribution in [1.82, 2.24) is 19.5 Å². The number of benzene rings is 2. The molecule has 0 bridgehead atoms. The maximum atomic E-state index is 12.9. The molecule has 1 N–H and O–H groups in total. The fourth-order valence-corrected chi connectivity index (χ4v) is 3.32. The molecule has 0 aliphatic rings. The summed E-state index contributed by atoms with van der Waals surface area (Å²) in [6.45, 7) is 0.238. The number of fused-ring (bicyclic) bond motifs is 2. The minimum absolute atomic E-state index is 0.0235. The zero-order valence-electron chi connectivity index (χ0n) is 14.9. The van der Waals surface area contributed by atoms with Crippen LogP contribution in [0.3, 0.4) is 0 Å². The largest absolute Gasteiger partial charge is 0.456 e. The number of carbonyl (C=O) groups excluding carboxylic acids is 1. The number of rotatable bonds is 5. The highest BCUT2D eigenvalue weighted by Crippen LogP contribution is 2.27. The average molecular weight is 368 g/mol. The summed E-state index contributed by atoms with van der Waals surface area (Å²) in [7, 11) is 0. The van der Waals surface area contributed by atoms with E-state index in [1.807, 2.05) is 59.2 Å². The molecule has 28 heavy (non-hydrogen) atoms. The Morgan fingerprint density at radius 1 is 1.07 bits per heavy atom. The lowest BCUT2D eigenvalue weighted by atomic mass is 10.1. The summed E-state index contributed by atoms with van der Waals surface area (Å²) in [5.41, 5.74) is 3.33. The molecule has 0 amide bonds. The first kappa shape index (κ1) is 16.3. The average Bonchev–Trinajstić information content (AvgIpc) is 3.33. The Balaban J connectivity index is 1.42. The first-order valence-corrected chi connectivity index (χ1v) is 8.90. The molecule has 5 rings (SSSR count). The Morgan fingerprint density at radius 2 is 2.00 bits per heavy atom. The third kappa shape index (κ3) is 2.91. The third-order valence-corrected chi connectivity index (χ3v) is 4.67. The molecule has 0 saturated heterocycles. The van der Waals surface area contributed by atoms with Gasteiger partial charge in [-0.25, -0.2) is 4.98 Å². The summed E-state index contributed by atoms with van der Waals surface area (Å²) in [6, 6.07) is 17.1. The second-order valence-electron chi connectivity index (χ2n) is 6.48. The van der Waals surface area contributed by atoms with Gasteiger partial charge in [-0.2, -0.15) is 0 Å². The van der Waals surface area contributed by atoms with Gasteiger partial charge in [-0.3, -0.25) is 9.78 Å². The van der Waals surface area contributed by atoms with Crippen molar-refractivity contribution >= 4 is 27.7 Å². The van der Waals surface area contributed by atoms with Crippen molar-refractivity contribution in [3.63, 3.8) is 0 Å². The second kappa shape index (κ2) is 6.66. The Bertz CT molecular complexity index is 1290. The molecule has 6 nitrogen and oxygen atoms in total. The van der Waals surface area contributed by atoms with Crippen LogP contribution in [-0.2, 0) is 6.54 Å². The molecule has 3 aromatic heterocycles. The second-order valence-corrected chi connectivity index (χ2v) is 6.48. The lowest BCUT2D eigenvalue weighted by Gasteiger charge is -2.06. The van der Waals surface area contributed by atoms with E-state index in [9.17, 15) is 4.79 Å². The van der Waals surface area contributed by atoms with Gasteiger partial charge in [0.25, 0.3) is 0 Å². The van der Waals surface area contributed by atoms with E-state index >= 15 is 0 Å². The van der Waals surface area contributed by atoms with Crippen LogP contribution in [0.1, 0.15) is 10.4 Å². The Morgan fingerprint density at radius 3 is 2.89 bits per heavy atom. The molecule has 5 aromatic rings. The molecule has 2 aromatic carbocycles. The number of imidazole rings is 1. The molecule has 0 aliphatic heterocycles. The van der Waals surface area contributed by atoms with E-state index in [0.717, 1.165) is 21.9 Å². The van der Waals surface area contributed by atoms with E-state index in [0.29, 0.717) is 17.1 Å². The maximum Gasteiger partial charge on any atom is 0.184 e. The summed E-state index contributed by atoms with van der Waals surface area (Å²) in [4.78, 5) is 24.5. The number of nitrogens with zero attached hydrogens (tertiary/aromatic N) is 3. The van der Waals surface area contributed by atoms with Crippen LogP contribution in [0.2, 0.25) is 0 Å². The van der Waals surface area contributed by atoms with Crippen LogP contribution in [0.15, 0.2) is 79.5 Å². The van der Waals surface area contributed by atoms with Gasteiger partial charge in [0.1, 0.15) is 11.5 Å². The van der Waals surface area contributed by atoms with Crippen LogP contribution in [0.5, 0.6) is 11.5 Å². The van der Waals surface area contributed by atoms with Crippen molar-refractivity contribution in [2.24, 2.45) is 0 Å². The number of para-hydroxylation sites is 2. The van der Waals surface area contributed by atoms with Gasteiger partial charge in [0, 0.05) is 34.9 Å². The van der Waals surface area contributed by atoms with Crippen molar-refractivity contribution in [2.45, 2.75) is 6.54 Å². The fraction of sp³-hybridized carbons (Fsp3) is 0.0455. The van der Waals surface area contributed by atoms with Crippen LogP contribution >= 0.6 is 0 Å². The zero-order chi connectivity index (χ0) is 18.9. The number of Topliss-reactive ketones (excluding diaryl/α,β-unsaturated/α-hetero) is 1. The van der Waals surface area contributed by atoms with Crippen molar-refractivity contribution < 1.29 is 9.53 Å². The van der Waals surface area contributed by atoms with Crippen molar-refractivity contribution in [3.05, 3.63) is 85.1 Å². The van der Waals surface area contributed by atoms with Crippen LogP contribution in [0, 0.1) is 0 Å². The normalized spacial score (nSPS) is 11.1. The van der Waals surface area contributed by atoms with Crippen molar-refractivity contribution in [1.29, 1.82) is 0 Å². The number of hydrogen-bond acceptors (Lipinski definition) is 4. The molecule has 0 fully saturated rings. The first-order chi connectivity index (χ1) is 13.8. The summed E-state index contributed by atoms with van der Waals surface area (Å²) >= 11 is 0. The van der Waals surface area contributed by atoms with E-state index in [2.05, 4.69) is 15.0 Å². The van der Waals surface area contributed by atoms with Crippen LogP contribution in [0.4, 0.5) is 0 Å². The summed E-state index contributed by atoms with van der Waals surface area (Å²) in [5, 5.41) is 0.868. The number of aromatic nitrogens is 4. The van der Waals surface area contributed by atoms with E-state index in [1.165, 1.54) is 0 Å². The molecule has 136 valence electrons. The highest BCUT2D eigenvalue weighted by molar-refractivity contribution is 6.08. The smallest absolute Gasteiger partial charge is 0.184 e. The molecule has 3 heterocycles. The fourth-order valence-electron chi connectivity index (χ4n) is 3.32. The van der Waals surface area contributed by atoms with Gasteiger partial charge in [0.15, 0.2) is 5.78 Å². The van der Waals surface area contributed by atoms with Gasteiger partial charge in [0.05, 0.1) is 30.1 Å². The number of pyridine rings is 1. The van der Waals surface area contributed by atoms with Crippen LogP contribution < -0.4 is 4.74 Å². The molecule has 0 unspecified atom stereocenters. The number of H-pyrrole nitrogens is 1. The Kier molecular flexibility index (Phi) is 3.87. The van der Waals surface area contributed by atoms with Gasteiger partial charge in [-0.05, 0) is 36.4 Å². The molecule has 0 aliphatic carbocycles. The predicted octanol–water partition coefficient (Wildman–Crippen LogP) is 4.59. The maximum absolute atomic E-state index is 12.9. The number of ether oxygens (including phenoxy) is 1. The Hall–Kier alpha value is -3.93. The summed E-state index contributed by atoms with van der Waals surface area (Å²) < 4.78 is 7.68. The standard InChI is InChI=1S/C22H16N4O2/c27-22(13-26-14-25-19-5-1-2-6-21(19)26)18-12-24-20-10-15(7-8-17(18)20)28-16-4-3-9-23-11-16/h1-12,14,24H,13H2. The van der Waals surface area contributed by atoms with Crippen molar-refractivity contribution in [3.8, 4) is 11.5 Å². The molecular formula is C22H16N4O2. The van der Waals surface area contributed by atoms with E-state index < -0.39 is 0 Å². The highest BCUT2D eigenvalue weighted by Gasteiger charge is 2.14. The van der Waals surface area contributed by atoms with Crippen LogP contribution in [-0.4, -0.2) is 25.3 Å². The van der Waals surface area contributed by atoms with Gasteiger partial charge in [-0.15, -0.1) is 0 Å². The predicted molar refractivity (Wildman–Crippen MR) is 107 cm³/mol. The van der Waals surface area contributed by atoms with E-state index in [4.69, 9.17) is 4.74 Å². The molecular weight excluding hydrogens is 352 g/mol. The van der Waals surface area contributed by atoms with Crippen LogP contribution in [0.25, 0.3) is 21.9 Å². The number of nitrogens with one attached hydrogen (secondary N) is 1. The zero-order valence-corrected chi connectivity index (χ0v) is 14.9. The third-order valence-electron chi connectivity index (χ3n) is 4.67. The number of carbonyl (C=O) groups is 1. The quantitative estimate of drug-likeness (QED) is 0.461. The van der Waals surface area contributed by atoms with Gasteiger partial charge in [-0.1, -0.05) is 12.1 Å². The van der Waals surface area contributed by atoms with Gasteiger partial charge in [0.2, 0.25) is 0 Å². The molecule has 0 saturated carbocycles. The topological polar surface area (TPSA) is 72.8 Å². The molecule has 6 heteroatoms. The van der Waals surface area contributed by atoms with Gasteiger partial charge < -0.3 is 14.3 Å². The summed E-state index contributed by atoms with van der Waals surface area (Å²) in [6.07, 6.45) is 6.81. The molecule has 0 radical (unpaired) electrons. The number of ketones is 1. The number of hydrogen-bond donors (Lipinski definition) is 1. The minimum atomic E-state index is 0.0235. The SMILES string of the molecule is O=C(Cn1cnc2ccccc21)c1c[nH]c2cc(Oc3cccnc3)ccc12. The molecule has 0 atom stereocenters. The van der Waals surface area contributed by atoms with E-state index in [1.54, 1.807) is 24.9 Å². The van der Waals surface area contributed by atoms with Gasteiger partial charge >= 0.3 is 0 Å². The lowest BCUT2D eigenvalue weighted by molar-refractivity contribution is 0.0975. The highest BCUT2D eigenvalue weighted by atomic mass is 16.5. The monoisotopic (exact) mass is 368 g/mol. The summed E-state index contributed by atoms with van der Waals surface area (Å²) in [5.74, 6) is 1.37. The molecule has 0 spiro atoms. The Labute approximate surface area is 160 Å².